The summed E-state index contributed by atoms with van der Waals surface area (Å²) < 4.78 is 9.83. The van der Waals surface area contributed by atoms with Crippen LogP contribution in [0.5, 0.6) is 5.75 Å². The van der Waals surface area contributed by atoms with Crippen LogP contribution in [0.2, 0.25) is 0 Å². The van der Waals surface area contributed by atoms with Gasteiger partial charge in [0.2, 0.25) is 0 Å². The number of hydrogen-bond donors (Lipinski definition) is 0. The lowest BCUT2D eigenvalue weighted by Crippen LogP contribution is -2.12. The van der Waals surface area contributed by atoms with Crippen molar-refractivity contribution in [3.8, 4) is 5.75 Å². The topological polar surface area (TPSA) is 26.3 Å². The van der Waals surface area contributed by atoms with Crippen LogP contribution in [0, 0.1) is 10.7 Å². The van der Waals surface area contributed by atoms with Gasteiger partial charge in [-0.3, -0.25) is 4.79 Å². The Bertz CT molecular complexity index is 618. The van der Waals surface area contributed by atoms with Crippen LogP contribution in [0.3, 0.4) is 0 Å². The predicted molar refractivity (Wildman–Crippen MR) is 109 cm³/mol. The molecule has 0 atom stereocenters. The Balaban J connectivity index is 2.09. The number of ether oxygens (including phenoxy) is 1. The minimum absolute atomic E-state index is 0.0253. The third-order valence-corrected chi connectivity index (χ3v) is 5.23. The molecule has 0 N–H and O–H groups in total. The van der Waals surface area contributed by atoms with Crippen molar-refractivity contribution in [2.75, 3.05) is 6.61 Å². The minimum atomic E-state index is -0.0253. The first kappa shape index (κ1) is 16.9. The molecule has 2 nitrogen and oxygen atoms in total. The summed E-state index contributed by atoms with van der Waals surface area (Å²) in [6.07, 6.45) is 0. The van der Waals surface area contributed by atoms with Crippen molar-refractivity contribution in [3.05, 3.63) is 57.1 Å². The number of rotatable bonds is 4. The number of carbonyl (C=O) groups excluding carboxylic acids is 1. The molecule has 0 aliphatic heterocycles. The first-order valence-electron chi connectivity index (χ1n) is 5.53. The van der Waals surface area contributed by atoms with Gasteiger partial charge in [-0.1, -0.05) is 28.1 Å². The summed E-state index contributed by atoms with van der Waals surface area (Å²) in [6, 6.07) is 11.3. The summed E-state index contributed by atoms with van der Waals surface area (Å²) in [5, 5.41) is 0. The quantitative estimate of drug-likeness (QED) is 0.317. The Morgan fingerprint density at radius 2 is 1.60 bits per heavy atom. The van der Waals surface area contributed by atoms with Crippen molar-refractivity contribution < 1.29 is 9.53 Å². The Morgan fingerprint density at radius 3 is 2.15 bits per heavy atom. The first-order chi connectivity index (χ1) is 9.47. The van der Waals surface area contributed by atoms with Crippen LogP contribution in [-0.2, 0) is 0 Å². The average Bonchev–Trinajstić information content (AvgIpc) is 2.38. The SMILES string of the molecule is O=C(COc1c(I)cc(I)cc1I)c1ccc(Br)cc1. The first-order valence-corrected chi connectivity index (χ1v) is 9.56. The van der Waals surface area contributed by atoms with Crippen molar-refractivity contribution >= 4 is 89.5 Å². The number of Topliss-reactive ketones (excluding diaryl/α,β-unsaturated/α-hetero) is 1. The summed E-state index contributed by atoms with van der Waals surface area (Å²) in [5.41, 5.74) is 0.656. The summed E-state index contributed by atoms with van der Waals surface area (Å²) in [5.74, 6) is 0.750. The van der Waals surface area contributed by atoms with Crippen LogP contribution in [0.4, 0.5) is 0 Å². The van der Waals surface area contributed by atoms with Gasteiger partial charge >= 0.3 is 0 Å². The maximum atomic E-state index is 12.1. The molecule has 0 aromatic heterocycles. The van der Waals surface area contributed by atoms with Gasteiger partial charge in [-0.25, -0.2) is 0 Å². The third kappa shape index (κ3) is 4.54. The Hall–Kier alpha value is 0.580. The molecule has 0 bridgehead atoms. The average molecular weight is 669 g/mol. The molecule has 0 saturated carbocycles. The standard InChI is InChI=1S/C14H8BrI3O2/c15-9-3-1-8(2-4-9)13(19)7-20-14-11(17)5-10(16)6-12(14)18/h1-6H,7H2. The molecule has 0 radical (unpaired) electrons. The zero-order chi connectivity index (χ0) is 14.7. The third-order valence-electron chi connectivity index (χ3n) is 2.48. The second kappa shape index (κ2) is 7.73. The molecule has 6 heteroatoms. The highest BCUT2D eigenvalue weighted by Crippen LogP contribution is 2.29. The summed E-state index contributed by atoms with van der Waals surface area (Å²) in [7, 11) is 0. The van der Waals surface area contributed by atoms with E-state index in [9.17, 15) is 4.79 Å². The van der Waals surface area contributed by atoms with Crippen LogP contribution in [0.25, 0.3) is 0 Å². The van der Waals surface area contributed by atoms with Gasteiger partial charge in [0, 0.05) is 13.6 Å². The number of carbonyl (C=O) groups is 1. The fourth-order valence-corrected chi connectivity index (χ4v) is 5.68. The zero-order valence-corrected chi connectivity index (χ0v) is 18.1. The van der Waals surface area contributed by atoms with Crippen LogP contribution in [0.15, 0.2) is 40.9 Å². The van der Waals surface area contributed by atoms with Gasteiger partial charge in [0.25, 0.3) is 0 Å². The van der Waals surface area contributed by atoms with E-state index >= 15 is 0 Å². The minimum Gasteiger partial charge on any atom is -0.483 e. The van der Waals surface area contributed by atoms with Crippen molar-refractivity contribution in [1.82, 2.24) is 0 Å². The normalized spacial score (nSPS) is 10.4. The van der Waals surface area contributed by atoms with Crippen LogP contribution < -0.4 is 4.74 Å². The van der Waals surface area contributed by atoms with E-state index in [1.165, 1.54) is 0 Å². The molecule has 20 heavy (non-hydrogen) atoms. The molecule has 0 heterocycles. The fourth-order valence-electron chi connectivity index (χ4n) is 1.52. The molecular weight excluding hydrogens is 661 g/mol. The lowest BCUT2D eigenvalue weighted by Gasteiger charge is -2.10. The van der Waals surface area contributed by atoms with E-state index in [0.29, 0.717) is 5.56 Å². The molecule has 0 spiro atoms. The molecule has 0 aliphatic rings. The van der Waals surface area contributed by atoms with Gasteiger partial charge in [0.1, 0.15) is 5.75 Å². The largest absolute Gasteiger partial charge is 0.483 e. The molecule has 0 aliphatic carbocycles. The molecule has 2 rings (SSSR count). The highest BCUT2D eigenvalue weighted by Gasteiger charge is 2.11. The van der Waals surface area contributed by atoms with Crippen molar-refractivity contribution in [1.29, 1.82) is 0 Å². The Labute approximate surface area is 166 Å². The molecule has 2 aromatic carbocycles. The zero-order valence-electron chi connectivity index (χ0n) is 10.00. The lowest BCUT2D eigenvalue weighted by molar-refractivity contribution is 0.0920. The highest BCUT2D eigenvalue weighted by molar-refractivity contribution is 14.1. The summed E-state index contributed by atoms with van der Waals surface area (Å²) >= 11 is 10.1. The van der Waals surface area contributed by atoms with E-state index in [4.69, 9.17) is 4.74 Å². The van der Waals surface area contributed by atoms with Gasteiger partial charge in [-0.2, -0.15) is 0 Å². The van der Waals surface area contributed by atoms with Crippen molar-refractivity contribution in [2.24, 2.45) is 0 Å². The Morgan fingerprint density at radius 1 is 1.05 bits per heavy atom. The smallest absolute Gasteiger partial charge is 0.200 e. The van der Waals surface area contributed by atoms with Gasteiger partial charge < -0.3 is 4.74 Å². The molecular formula is C14H8BrI3O2. The fraction of sp³-hybridized carbons (Fsp3) is 0.0714. The molecule has 104 valence electrons. The molecule has 0 saturated heterocycles. The predicted octanol–water partition coefficient (Wildman–Crippen LogP) is 5.52. The maximum absolute atomic E-state index is 12.1. The second-order valence-electron chi connectivity index (χ2n) is 3.92. The van der Waals surface area contributed by atoms with E-state index < -0.39 is 0 Å². The van der Waals surface area contributed by atoms with Crippen molar-refractivity contribution in [3.63, 3.8) is 0 Å². The molecule has 0 fully saturated rings. The van der Waals surface area contributed by atoms with Gasteiger partial charge in [0.05, 0.1) is 7.14 Å². The molecule has 2 aromatic rings. The maximum Gasteiger partial charge on any atom is 0.200 e. The molecule has 0 unspecified atom stereocenters. The summed E-state index contributed by atoms with van der Waals surface area (Å²) in [6.45, 7) is 0.0498. The van der Waals surface area contributed by atoms with E-state index in [0.717, 1.165) is 20.9 Å². The van der Waals surface area contributed by atoms with Crippen LogP contribution >= 0.6 is 83.7 Å². The number of halogens is 4. The lowest BCUT2D eigenvalue weighted by atomic mass is 10.1. The van der Waals surface area contributed by atoms with E-state index in [1.54, 1.807) is 12.1 Å². The number of ketones is 1. The Kier molecular flexibility index (Phi) is 6.54. The van der Waals surface area contributed by atoms with Crippen molar-refractivity contribution in [2.45, 2.75) is 0 Å². The monoisotopic (exact) mass is 668 g/mol. The van der Waals surface area contributed by atoms with Crippen LogP contribution in [0.1, 0.15) is 10.4 Å². The second-order valence-corrected chi connectivity index (χ2v) is 8.40. The van der Waals surface area contributed by atoms with Gasteiger partial charge in [-0.05, 0) is 92.0 Å². The number of hydrogen-bond acceptors (Lipinski definition) is 2. The number of benzene rings is 2. The van der Waals surface area contributed by atoms with E-state index in [-0.39, 0.29) is 12.4 Å². The highest BCUT2D eigenvalue weighted by atomic mass is 127. The van der Waals surface area contributed by atoms with E-state index in [1.807, 2.05) is 24.3 Å². The van der Waals surface area contributed by atoms with Crippen LogP contribution in [-0.4, -0.2) is 12.4 Å². The molecule has 0 amide bonds. The van der Waals surface area contributed by atoms with Gasteiger partial charge in [-0.15, -0.1) is 0 Å². The summed E-state index contributed by atoms with van der Waals surface area (Å²) in [4.78, 5) is 12.1. The van der Waals surface area contributed by atoms with Gasteiger partial charge in [0.15, 0.2) is 12.4 Å². The van der Waals surface area contributed by atoms with E-state index in [2.05, 4.69) is 83.7 Å².